The van der Waals surface area contributed by atoms with Gasteiger partial charge in [-0.3, -0.25) is 0 Å². The quantitative estimate of drug-likeness (QED) is 0.866. The van der Waals surface area contributed by atoms with Crippen LogP contribution < -0.4 is 10.2 Å². The summed E-state index contributed by atoms with van der Waals surface area (Å²) in [4.78, 5) is 7.02. The molecule has 0 aliphatic carbocycles. The van der Waals surface area contributed by atoms with Crippen molar-refractivity contribution in [3.8, 4) is 0 Å². The van der Waals surface area contributed by atoms with E-state index >= 15 is 0 Å². The van der Waals surface area contributed by atoms with Crippen LogP contribution in [0.3, 0.4) is 0 Å². The molecule has 17 heavy (non-hydrogen) atoms. The highest BCUT2D eigenvalue weighted by Gasteiger charge is 2.15. The second-order valence-corrected chi connectivity index (χ2v) is 5.21. The van der Waals surface area contributed by atoms with E-state index in [1.54, 1.807) is 0 Å². The van der Waals surface area contributed by atoms with E-state index in [-0.39, 0.29) is 0 Å². The molecule has 94 valence electrons. The van der Waals surface area contributed by atoms with Crippen LogP contribution >= 0.6 is 0 Å². The lowest BCUT2D eigenvalue weighted by Gasteiger charge is -2.19. The molecule has 0 amide bonds. The van der Waals surface area contributed by atoms with Crippen molar-refractivity contribution in [2.75, 3.05) is 18.0 Å². The molecule has 1 fully saturated rings. The molecule has 1 aromatic heterocycles. The Balaban J connectivity index is 2.05. The van der Waals surface area contributed by atoms with Gasteiger partial charge in [-0.15, -0.1) is 0 Å². The largest absolute Gasteiger partial charge is 0.356 e. The van der Waals surface area contributed by atoms with Gasteiger partial charge in [0.25, 0.3) is 0 Å². The third kappa shape index (κ3) is 3.19. The molecule has 1 aliphatic rings. The summed E-state index contributed by atoms with van der Waals surface area (Å²) in [5, 5.41) is 3.42. The van der Waals surface area contributed by atoms with Gasteiger partial charge in [0, 0.05) is 31.9 Å². The van der Waals surface area contributed by atoms with Gasteiger partial charge in [-0.2, -0.15) is 0 Å². The highest BCUT2D eigenvalue weighted by molar-refractivity contribution is 5.48. The molecule has 0 spiro atoms. The lowest BCUT2D eigenvalue weighted by Crippen LogP contribution is -2.23. The molecule has 1 aliphatic heterocycles. The number of rotatable bonds is 4. The number of hydrogen-bond acceptors (Lipinski definition) is 3. The van der Waals surface area contributed by atoms with Crippen LogP contribution in [-0.4, -0.2) is 24.1 Å². The van der Waals surface area contributed by atoms with Crippen LogP contribution in [-0.2, 0) is 6.54 Å². The maximum absolute atomic E-state index is 4.62. The first-order chi connectivity index (χ1) is 8.16. The van der Waals surface area contributed by atoms with E-state index in [4.69, 9.17) is 0 Å². The van der Waals surface area contributed by atoms with E-state index in [0.29, 0.717) is 6.04 Å². The first-order valence-electron chi connectivity index (χ1n) is 6.60. The average Bonchev–Trinajstić information content (AvgIpc) is 2.79. The number of nitrogens with one attached hydrogen (secondary N) is 1. The monoisotopic (exact) mass is 233 g/mol. The van der Waals surface area contributed by atoms with Crippen molar-refractivity contribution in [2.24, 2.45) is 0 Å². The van der Waals surface area contributed by atoms with Gasteiger partial charge in [0.15, 0.2) is 0 Å². The molecule has 1 N–H and O–H groups in total. The van der Waals surface area contributed by atoms with Gasteiger partial charge in [0.2, 0.25) is 0 Å². The lowest BCUT2D eigenvalue weighted by molar-refractivity contribution is 0.587. The van der Waals surface area contributed by atoms with Gasteiger partial charge >= 0.3 is 0 Å². The Morgan fingerprint density at radius 3 is 2.65 bits per heavy atom. The van der Waals surface area contributed by atoms with Crippen molar-refractivity contribution in [2.45, 2.75) is 46.2 Å². The molecule has 1 aromatic rings. The predicted octanol–water partition coefficient (Wildman–Crippen LogP) is 2.49. The maximum atomic E-state index is 4.62. The number of anilines is 1. The summed E-state index contributed by atoms with van der Waals surface area (Å²) in [6, 6.07) is 2.78. The van der Waals surface area contributed by atoms with Crippen LogP contribution in [0.25, 0.3) is 0 Å². The molecule has 1 saturated heterocycles. The number of aryl methyl sites for hydroxylation is 1. The molecule has 2 rings (SSSR count). The van der Waals surface area contributed by atoms with Crippen molar-refractivity contribution >= 4 is 5.82 Å². The zero-order chi connectivity index (χ0) is 12.3. The van der Waals surface area contributed by atoms with E-state index in [1.807, 2.05) is 6.20 Å². The summed E-state index contributed by atoms with van der Waals surface area (Å²) < 4.78 is 0. The molecule has 0 radical (unpaired) electrons. The molecule has 0 saturated carbocycles. The Kier molecular flexibility index (Phi) is 4.00. The summed E-state index contributed by atoms with van der Waals surface area (Å²) in [5.41, 5.74) is 2.58. The van der Waals surface area contributed by atoms with Gasteiger partial charge in [0.05, 0.1) is 0 Å². The van der Waals surface area contributed by atoms with Gasteiger partial charge in [-0.1, -0.05) is 13.8 Å². The van der Waals surface area contributed by atoms with Crippen LogP contribution in [0.15, 0.2) is 12.3 Å². The lowest BCUT2D eigenvalue weighted by atomic mass is 10.2. The molecule has 0 atom stereocenters. The summed E-state index contributed by atoms with van der Waals surface area (Å²) in [6.45, 7) is 9.73. The highest BCUT2D eigenvalue weighted by atomic mass is 15.2. The fourth-order valence-electron chi connectivity index (χ4n) is 2.30. The van der Waals surface area contributed by atoms with Crippen molar-refractivity contribution in [3.63, 3.8) is 0 Å². The Morgan fingerprint density at radius 2 is 2.06 bits per heavy atom. The molecule has 2 heterocycles. The topological polar surface area (TPSA) is 28.2 Å². The van der Waals surface area contributed by atoms with Gasteiger partial charge in [-0.05, 0) is 37.0 Å². The molecule has 3 heteroatoms. The Hall–Kier alpha value is -1.09. The predicted molar refractivity (Wildman–Crippen MR) is 72.4 cm³/mol. The van der Waals surface area contributed by atoms with E-state index in [9.17, 15) is 0 Å². The summed E-state index contributed by atoms with van der Waals surface area (Å²) >= 11 is 0. The minimum absolute atomic E-state index is 0.522. The summed E-state index contributed by atoms with van der Waals surface area (Å²) in [7, 11) is 0. The fraction of sp³-hybridized carbons (Fsp3) is 0.643. The zero-order valence-corrected chi connectivity index (χ0v) is 11.2. The normalized spacial score (nSPS) is 15.9. The molecular formula is C14H23N3. The number of pyridine rings is 1. The zero-order valence-electron chi connectivity index (χ0n) is 11.2. The van der Waals surface area contributed by atoms with Crippen molar-refractivity contribution in [1.82, 2.24) is 10.3 Å². The Labute approximate surface area is 104 Å². The third-order valence-electron chi connectivity index (χ3n) is 3.23. The van der Waals surface area contributed by atoms with Crippen molar-refractivity contribution in [3.05, 3.63) is 23.4 Å². The first-order valence-corrected chi connectivity index (χ1v) is 6.60. The van der Waals surface area contributed by atoms with Crippen LogP contribution in [0.2, 0.25) is 0 Å². The van der Waals surface area contributed by atoms with Crippen LogP contribution in [0, 0.1) is 6.92 Å². The van der Waals surface area contributed by atoms with E-state index in [1.165, 1.54) is 29.8 Å². The van der Waals surface area contributed by atoms with Crippen molar-refractivity contribution in [1.29, 1.82) is 0 Å². The van der Waals surface area contributed by atoms with Crippen LogP contribution in [0.1, 0.15) is 37.8 Å². The van der Waals surface area contributed by atoms with E-state index < -0.39 is 0 Å². The highest BCUT2D eigenvalue weighted by Crippen LogP contribution is 2.22. The van der Waals surface area contributed by atoms with Gasteiger partial charge < -0.3 is 10.2 Å². The first kappa shape index (κ1) is 12.4. The SMILES string of the molecule is Cc1cc(CNC(C)C)cnc1N1CCCC1. The summed E-state index contributed by atoms with van der Waals surface area (Å²) in [5.74, 6) is 1.18. The number of nitrogens with zero attached hydrogens (tertiary/aromatic N) is 2. The molecular weight excluding hydrogens is 210 g/mol. The minimum Gasteiger partial charge on any atom is -0.356 e. The standard InChI is InChI=1S/C14H23N3/c1-11(2)15-9-13-8-12(3)14(16-10-13)17-6-4-5-7-17/h8,10-11,15H,4-7,9H2,1-3H3. The van der Waals surface area contributed by atoms with Gasteiger partial charge in [-0.25, -0.2) is 4.98 Å². The molecule has 0 bridgehead atoms. The third-order valence-corrected chi connectivity index (χ3v) is 3.23. The van der Waals surface area contributed by atoms with E-state index in [0.717, 1.165) is 19.6 Å². The second-order valence-electron chi connectivity index (χ2n) is 5.21. The Bertz CT molecular complexity index is 368. The fourth-order valence-corrected chi connectivity index (χ4v) is 2.30. The second kappa shape index (κ2) is 5.50. The van der Waals surface area contributed by atoms with Crippen molar-refractivity contribution < 1.29 is 0 Å². The molecule has 0 aromatic carbocycles. The van der Waals surface area contributed by atoms with Crippen LogP contribution in [0.5, 0.6) is 0 Å². The van der Waals surface area contributed by atoms with Crippen LogP contribution in [0.4, 0.5) is 5.82 Å². The smallest absolute Gasteiger partial charge is 0.131 e. The summed E-state index contributed by atoms with van der Waals surface area (Å²) in [6.07, 6.45) is 4.62. The maximum Gasteiger partial charge on any atom is 0.131 e. The minimum atomic E-state index is 0.522. The average molecular weight is 233 g/mol. The Morgan fingerprint density at radius 1 is 1.35 bits per heavy atom. The van der Waals surface area contributed by atoms with E-state index in [2.05, 4.69) is 42.0 Å². The van der Waals surface area contributed by atoms with Gasteiger partial charge in [0.1, 0.15) is 5.82 Å². The molecule has 0 unspecified atom stereocenters. The molecule has 3 nitrogen and oxygen atoms in total. The number of aromatic nitrogens is 1. The number of hydrogen-bond donors (Lipinski definition) is 1.